The third-order valence-corrected chi connectivity index (χ3v) is 4.01. The first-order valence-corrected chi connectivity index (χ1v) is 7.24. The van der Waals surface area contributed by atoms with Gasteiger partial charge in [-0.3, -0.25) is 0 Å². The molecule has 0 saturated heterocycles. The van der Waals surface area contributed by atoms with E-state index in [1.807, 2.05) is 0 Å². The van der Waals surface area contributed by atoms with Crippen LogP contribution in [-0.2, 0) is 10.0 Å². The first-order valence-electron chi connectivity index (χ1n) is 4.96. The molecule has 3 N–H and O–H groups in total. The first-order chi connectivity index (χ1) is 8.03. The predicted molar refractivity (Wildman–Crippen MR) is 74.8 cm³/mol. The first kappa shape index (κ1) is 18.7. The second-order valence-electron chi connectivity index (χ2n) is 4.51. The highest BCUT2D eigenvalue weighted by atomic mass is 79.9. The normalized spacial score (nSPS) is 12.1. The molecular weight excluding hydrogens is 366 g/mol. The Morgan fingerprint density at radius 2 is 1.84 bits per heavy atom. The van der Waals surface area contributed by atoms with E-state index in [1.54, 1.807) is 13.8 Å². The number of sulfonamides is 1. The molecule has 0 unspecified atom stereocenters. The zero-order valence-electron chi connectivity index (χ0n) is 10.2. The van der Waals surface area contributed by atoms with E-state index in [0.29, 0.717) is 6.07 Å². The summed E-state index contributed by atoms with van der Waals surface area (Å²) < 4.78 is 52.3. The van der Waals surface area contributed by atoms with E-state index < -0.39 is 32.1 Å². The van der Waals surface area contributed by atoms with E-state index in [2.05, 4.69) is 20.7 Å². The van der Waals surface area contributed by atoms with Crippen LogP contribution in [0, 0.1) is 11.6 Å². The Hall–Kier alpha value is -0.280. The van der Waals surface area contributed by atoms with Gasteiger partial charge in [0.15, 0.2) is 0 Å². The molecule has 19 heavy (non-hydrogen) atoms. The van der Waals surface area contributed by atoms with Gasteiger partial charge in [0.2, 0.25) is 10.0 Å². The third kappa shape index (κ3) is 5.31. The summed E-state index contributed by atoms with van der Waals surface area (Å²) in [5, 5.41) is 0. The molecule has 0 spiro atoms. The van der Waals surface area contributed by atoms with E-state index in [0.717, 1.165) is 6.07 Å². The lowest BCUT2D eigenvalue weighted by atomic mass is 10.1. The molecule has 0 radical (unpaired) electrons. The molecule has 1 aromatic rings. The van der Waals surface area contributed by atoms with E-state index >= 15 is 0 Å². The molecule has 1 aromatic carbocycles. The van der Waals surface area contributed by atoms with Gasteiger partial charge in [0.1, 0.15) is 16.5 Å². The predicted octanol–water partition coefficient (Wildman–Crippen LogP) is 2.16. The van der Waals surface area contributed by atoms with Crippen LogP contribution in [0.25, 0.3) is 0 Å². The van der Waals surface area contributed by atoms with Crippen LogP contribution in [0.15, 0.2) is 21.5 Å². The Labute approximate surface area is 125 Å². The third-order valence-electron chi connectivity index (χ3n) is 1.98. The molecule has 0 fully saturated rings. The molecular formula is C10H14BrClF2N2O2S. The van der Waals surface area contributed by atoms with E-state index in [9.17, 15) is 17.2 Å². The second kappa shape index (κ2) is 6.45. The van der Waals surface area contributed by atoms with Crippen molar-refractivity contribution < 1.29 is 17.2 Å². The summed E-state index contributed by atoms with van der Waals surface area (Å²) in [6.07, 6.45) is 0. The Morgan fingerprint density at radius 1 is 1.32 bits per heavy atom. The van der Waals surface area contributed by atoms with Crippen LogP contribution in [0.5, 0.6) is 0 Å². The topological polar surface area (TPSA) is 72.2 Å². The molecule has 0 aliphatic carbocycles. The lowest BCUT2D eigenvalue weighted by molar-refractivity contribution is 0.493. The fourth-order valence-corrected chi connectivity index (χ4v) is 2.68. The smallest absolute Gasteiger partial charge is 0.243 e. The van der Waals surface area contributed by atoms with Gasteiger partial charge in [-0.15, -0.1) is 12.4 Å². The zero-order chi connectivity index (χ0) is 14.1. The largest absolute Gasteiger partial charge is 0.324 e. The van der Waals surface area contributed by atoms with Crippen LogP contribution in [0.2, 0.25) is 0 Å². The van der Waals surface area contributed by atoms with E-state index in [1.165, 1.54) is 0 Å². The van der Waals surface area contributed by atoms with Crippen molar-refractivity contribution in [3.63, 3.8) is 0 Å². The summed E-state index contributed by atoms with van der Waals surface area (Å²) in [5.41, 5.74) is 4.82. The van der Waals surface area contributed by atoms with Gasteiger partial charge >= 0.3 is 0 Å². The fraction of sp³-hybridized carbons (Fsp3) is 0.400. The maximum atomic E-state index is 13.5. The minimum absolute atomic E-state index is 0. The Balaban J connectivity index is 0.00000324. The van der Waals surface area contributed by atoms with Gasteiger partial charge in [-0.2, -0.15) is 0 Å². The average molecular weight is 380 g/mol. The Kier molecular flexibility index (Phi) is 6.35. The molecule has 0 heterocycles. The quantitative estimate of drug-likeness (QED) is 0.788. The molecule has 0 aliphatic heterocycles. The van der Waals surface area contributed by atoms with Crippen molar-refractivity contribution in [1.82, 2.24) is 4.72 Å². The number of hydrogen-bond donors (Lipinski definition) is 2. The highest BCUT2D eigenvalue weighted by molar-refractivity contribution is 9.10. The summed E-state index contributed by atoms with van der Waals surface area (Å²) in [7, 11) is -4.13. The average Bonchev–Trinajstić information content (AvgIpc) is 2.19. The standard InChI is InChI=1S/C10H13BrF2N2O2S.ClH/c1-10(2,14)5-15-18(16,17)9-4-7(12)6(11)3-8(9)13;/h3-4,15H,5,14H2,1-2H3;1H. The van der Waals surface area contributed by atoms with Crippen LogP contribution >= 0.6 is 28.3 Å². The number of benzene rings is 1. The summed E-state index contributed by atoms with van der Waals surface area (Å²) in [5.74, 6) is -1.89. The minimum Gasteiger partial charge on any atom is -0.324 e. The monoisotopic (exact) mass is 378 g/mol. The fourth-order valence-electron chi connectivity index (χ4n) is 1.07. The van der Waals surface area contributed by atoms with Gasteiger partial charge in [0.05, 0.1) is 4.47 Å². The van der Waals surface area contributed by atoms with Gasteiger partial charge in [-0.1, -0.05) is 0 Å². The zero-order valence-corrected chi connectivity index (χ0v) is 13.4. The molecule has 9 heteroatoms. The summed E-state index contributed by atoms with van der Waals surface area (Å²) in [4.78, 5) is -0.743. The highest BCUT2D eigenvalue weighted by Gasteiger charge is 2.23. The molecule has 0 bridgehead atoms. The molecule has 0 amide bonds. The molecule has 0 atom stereocenters. The van der Waals surface area contributed by atoms with Crippen LogP contribution in [-0.4, -0.2) is 20.5 Å². The highest BCUT2D eigenvalue weighted by Crippen LogP contribution is 2.23. The molecule has 0 aromatic heterocycles. The van der Waals surface area contributed by atoms with Crippen molar-refractivity contribution in [3.8, 4) is 0 Å². The van der Waals surface area contributed by atoms with Crippen molar-refractivity contribution in [3.05, 3.63) is 28.2 Å². The molecule has 1 rings (SSSR count). The molecule has 0 aliphatic rings. The maximum absolute atomic E-state index is 13.5. The second-order valence-corrected chi connectivity index (χ2v) is 7.10. The van der Waals surface area contributed by atoms with Crippen molar-refractivity contribution in [2.75, 3.05) is 6.54 Å². The van der Waals surface area contributed by atoms with E-state index in [-0.39, 0.29) is 23.4 Å². The SMILES string of the molecule is CC(C)(N)CNS(=O)(=O)c1cc(F)c(Br)cc1F.Cl. The van der Waals surface area contributed by atoms with Crippen molar-refractivity contribution in [2.45, 2.75) is 24.3 Å². The number of nitrogens with one attached hydrogen (secondary N) is 1. The van der Waals surface area contributed by atoms with Crippen LogP contribution < -0.4 is 10.5 Å². The van der Waals surface area contributed by atoms with E-state index in [4.69, 9.17) is 5.73 Å². The van der Waals surface area contributed by atoms with Gasteiger partial charge in [-0.05, 0) is 41.9 Å². The van der Waals surface area contributed by atoms with Crippen LogP contribution in [0.1, 0.15) is 13.8 Å². The number of hydrogen-bond acceptors (Lipinski definition) is 3. The summed E-state index contributed by atoms with van der Waals surface area (Å²) in [6, 6.07) is 1.38. The Morgan fingerprint density at radius 3 is 2.32 bits per heavy atom. The van der Waals surface area contributed by atoms with Crippen molar-refractivity contribution >= 4 is 38.4 Å². The van der Waals surface area contributed by atoms with Crippen molar-refractivity contribution in [2.24, 2.45) is 5.73 Å². The molecule has 0 saturated carbocycles. The van der Waals surface area contributed by atoms with Gasteiger partial charge < -0.3 is 5.73 Å². The van der Waals surface area contributed by atoms with Gasteiger partial charge in [0.25, 0.3) is 0 Å². The lowest BCUT2D eigenvalue weighted by Crippen LogP contribution is -2.45. The number of rotatable bonds is 4. The van der Waals surface area contributed by atoms with Gasteiger partial charge in [-0.25, -0.2) is 21.9 Å². The lowest BCUT2D eigenvalue weighted by Gasteiger charge is -2.19. The van der Waals surface area contributed by atoms with Gasteiger partial charge in [0, 0.05) is 12.1 Å². The Bertz CT molecular complexity index is 561. The minimum atomic E-state index is -4.13. The molecule has 4 nitrogen and oxygen atoms in total. The summed E-state index contributed by atoms with van der Waals surface area (Å²) >= 11 is 2.77. The summed E-state index contributed by atoms with van der Waals surface area (Å²) in [6.45, 7) is 3.12. The van der Waals surface area contributed by atoms with Crippen LogP contribution in [0.3, 0.4) is 0 Å². The number of nitrogens with two attached hydrogens (primary N) is 1. The maximum Gasteiger partial charge on any atom is 0.243 e. The van der Waals surface area contributed by atoms with Crippen LogP contribution in [0.4, 0.5) is 8.78 Å². The number of halogens is 4. The molecule has 110 valence electrons. The van der Waals surface area contributed by atoms with Crippen molar-refractivity contribution in [1.29, 1.82) is 0 Å².